The Morgan fingerprint density at radius 2 is 1.84 bits per heavy atom. The number of aryl methyl sites for hydroxylation is 1. The van der Waals surface area contributed by atoms with Crippen molar-refractivity contribution < 1.29 is 9.59 Å². The third-order valence-electron chi connectivity index (χ3n) is 3.39. The zero-order chi connectivity index (χ0) is 17.6. The SMILES string of the molecule is O=C(CCn1nnc2ccccc2c1=O)NNC(=O)c1ccccn1. The molecule has 0 saturated carbocycles. The maximum absolute atomic E-state index is 12.2. The van der Waals surface area contributed by atoms with Crippen molar-refractivity contribution in [2.45, 2.75) is 13.0 Å². The second kappa shape index (κ2) is 7.30. The van der Waals surface area contributed by atoms with Gasteiger partial charge in [0.2, 0.25) is 5.91 Å². The molecule has 9 heteroatoms. The summed E-state index contributed by atoms with van der Waals surface area (Å²) in [6.45, 7) is 0.0436. The number of amides is 2. The van der Waals surface area contributed by atoms with Gasteiger partial charge < -0.3 is 0 Å². The van der Waals surface area contributed by atoms with Crippen molar-refractivity contribution in [1.82, 2.24) is 30.8 Å². The minimum absolute atomic E-state index is 0.0436. The van der Waals surface area contributed by atoms with E-state index in [1.807, 2.05) is 0 Å². The summed E-state index contributed by atoms with van der Waals surface area (Å²) >= 11 is 0. The second-order valence-corrected chi connectivity index (χ2v) is 5.10. The molecule has 0 aliphatic carbocycles. The number of nitrogens with one attached hydrogen (secondary N) is 2. The molecule has 0 spiro atoms. The van der Waals surface area contributed by atoms with Crippen LogP contribution in [-0.2, 0) is 11.3 Å². The molecule has 0 atom stereocenters. The lowest BCUT2D eigenvalue weighted by atomic mass is 10.2. The molecule has 0 aliphatic heterocycles. The third kappa shape index (κ3) is 3.83. The molecule has 2 N–H and O–H groups in total. The van der Waals surface area contributed by atoms with Crippen molar-refractivity contribution in [3.8, 4) is 0 Å². The Morgan fingerprint density at radius 3 is 2.64 bits per heavy atom. The molecule has 0 saturated heterocycles. The summed E-state index contributed by atoms with van der Waals surface area (Å²) in [7, 11) is 0. The van der Waals surface area contributed by atoms with Gasteiger partial charge in [-0.1, -0.05) is 23.4 Å². The summed E-state index contributed by atoms with van der Waals surface area (Å²) in [6.07, 6.45) is 1.43. The van der Waals surface area contributed by atoms with Crippen LogP contribution in [0.25, 0.3) is 10.9 Å². The number of nitrogens with zero attached hydrogens (tertiary/aromatic N) is 4. The third-order valence-corrected chi connectivity index (χ3v) is 3.39. The summed E-state index contributed by atoms with van der Waals surface area (Å²) in [5, 5.41) is 8.17. The minimum Gasteiger partial charge on any atom is -0.273 e. The second-order valence-electron chi connectivity index (χ2n) is 5.10. The fourth-order valence-corrected chi connectivity index (χ4v) is 2.13. The summed E-state index contributed by atoms with van der Waals surface area (Å²) in [6, 6.07) is 11.7. The number of aromatic nitrogens is 4. The highest BCUT2D eigenvalue weighted by atomic mass is 16.2. The van der Waals surface area contributed by atoms with E-state index in [0.717, 1.165) is 4.68 Å². The van der Waals surface area contributed by atoms with Gasteiger partial charge in [-0.3, -0.25) is 30.2 Å². The van der Waals surface area contributed by atoms with Crippen LogP contribution in [0.2, 0.25) is 0 Å². The summed E-state index contributed by atoms with van der Waals surface area (Å²) in [4.78, 5) is 39.7. The molecule has 0 radical (unpaired) electrons. The molecule has 3 rings (SSSR count). The predicted octanol–water partition coefficient (Wildman–Crippen LogP) is 0.0378. The lowest BCUT2D eigenvalue weighted by molar-refractivity contribution is -0.122. The van der Waals surface area contributed by atoms with Crippen LogP contribution < -0.4 is 16.4 Å². The van der Waals surface area contributed by atoms with Crippen molar-refractivity contribution >= 4 is 22.7 Å². The van der Waals surface area contributed by atoms with Crippen molar-refractivity contribution in [3.63, 3.8) is 0 Å². The maximum Gasteiger partial charge on any atom is 0.288 e. The number of benzene rings is 1. The Labute approximate surface area is 141 Å². The van der Waals surface area contributed by atoms with E-state index in [0.29, 0.717) is 10.9 Å². The number of rotatable bonds is 4. The standard InChI is InChI=1S/C16H14N6O3/c23-14(19-20-15(24)13-7-3-4-9-17-13)8-10-22-16(25)11-5-1-2-6-12(11)18-21-22/h1-7,9H,8,10H2,(H,19,23)(H,20,24). The van der Waals surface area contributed by atoms with Gasteiger partial charge >= 0.3 is 0 Å². The highest BCUT2D eigenvalue weighted by molar-refractivity contribution is 5.93. The number of hydrazine groups is 1. The van der Waals surface area contributed by atoms with E-state index in [1.54, 1.807) is 36.4 Å². The topological polar surface area (TPSA) is 119 Å². The zero-order valence-electron chi connectivity index (χ0n) is 13.0. The van der Waals surface area contributed by atoms with Gasteiger partial charge in [0.15, 0.2) is 0 Å². The van der Waals surface area contributed by atoms with Gasteiger partial charge in [-0.05, 0) is 24.3 Å². The molecule has 2 amide bonds. The first-order valence-electron chi connectivity index (χ1n) is 7.48. The van der Waals surface area contributed by atoms with Crippen molar-refractivity contribution in [2.24, 2.45) is 0 Å². The number of fused-ring (bicyclic) bond motifs is 1. The van der Waals surface area contributed by atoms with E-state index < -0.39 is 11.8 Å². The van der Waals surface area contributed by atoms with Crippen molar-refractivity contribution in [2.75, 3.05) is 0 Å². The Balaban J connectivity index is 1.57. The minimum atomic E-state index is -0.531. The van der Waals surface area contributed by atoms with Gasteiger partial charge in [0.05, 0.1) is 11.9 Å². The molecule has 2 aromatic heterocycles. The highest BCUT2D eigenvalue weighted by Crippen LogP contribution is 2.03. The van der Waals surface area contributed by atoms with E-state index in [9.17, 15) is 14.4 Å². The molecule has 2 heterocycles. The van der Waals surface area contributed by atoms with Crippen molar-refractivity contribution in [3.05, 3.63) is 64.7 Å². The fraction of sp³-hybridized carbons (Fsp3) is 0.125. The number of hydrogen-bond acceptors (Lipinski definition) is 6. The lowest BCUT2D eigenvalue weighted by Crippen LogP contribution is -2.42. The van der Waals surface area contributed by atoms with Crippen LogP contribution in [0.15, 0.2) is 53.5 Å². The molecule has 3 aromatic rings. The van der Waals surface area contributed by atoms with Gasteiger partial charge in [-0.15, -0.1) is 5.10 Å². The number of carbonyl (C=O) groups is 2. The number of carbonyl (C=O) groups excluding carboxylic acids is 2. The Morgan fingerprint density at radius 1 is 1.04 bits per heavy atom. The fourth-order valence-electron chi connectivity index (χ4n) is 2.13. The molecule has 0 bridgehead atoms. The Bertz CT molecular complexity index is 970. The van der Waals surface area contributed by atoms with Gasteiger partial charge in [-0.25, -0.2) is 4.68 Å². The molecule has 0 unspecified atom stereocenters. The van der Waals surface area contributed by atoms with Crippen LogP contribution in [0, 0.1) is 0 Å². The van der Waals surface area contributed by atoms with E-state index in [-0.39, 0.29) is 24.2 Å². The van der Waals surface area contributed by atoms with Crippen LogP contribution in [0.5, 0.6) is 0 Å². The van der Waals surface area contributed by atoms with Crippen LogP contribution in [0.4, 0.5) is 0 Å². The van der Waals surface area contributed by atoms with Gasteiger partial charge in [0, 0.05) is 12.6 Å². The lowest BCUT2D eigenvalue weighted by Gasteiger charge is -2.07. The van der Waals surface area contributed by atoms with E-state index in [4.69, 9.17) is 0 Å². The summed E-state index contributed by atoms with van der Waals surface area (Å²) in [5.41, 5.74) is 4.87. The molecule has 1 aromatic carbocycles. The number of pyridine rings is 1. The van der Waals surface area contributed by atoms with E-state index >= 15 is 0 Å². The van der Waals surface area contributed by atoms with Crippen molar-refractivity contribution in [1.29, 1.82) is 0 Å². The molecule has 25 heavy (non-hydrogen) atoms. The Kier molecular flexibility index (Phi) is 4.74. The van der Waals surface area contributed by atoms with Crippen LogP contribution in [0.1, 0.15) is 16.9 Å². The average Bonchev–Trinajstić information content (AvgIpc) is 2.66. The first kappa shape index (κ1) is 16.2. The molecule has 0 fully saturated rings. The monoisotopic (exact) mass is 338 g/mol. The van der Waals surface area contributed by atoms with Gasteiger partial charge in [-0.2, -0.15) is 0 Å². The predicted molar refractivity (Wildman–Crippen MR) is 88.3 cm³/mol. The molecular formula is C16H14N6O3. The maximum atomic E-state index is 12.2. The Hall–Kier alpha value is -3.62. The average molecular weight is 338 g/mol. The smallest absolute Gasteiger partial charge is 0.273 e. The summed E-state index contributed by atoms with van der Waals surface area (Å²) in [5.74, 6) is -0.997. The largest absolute Gasteiger partial charge is 0.288 e. The van der Waals surface area contributed by atoms with Crippen LogP contribution in [-0.4, -0.2) is 31.8 Å². The van der Waals surface area contributed by atoms with Gasteiger partial charge in [0.25, 0.3) is 11.5 Å². The molecular weight excluding hydrogens is 324 g/mol. The molecule has 126 valence electrons. The van der Waals surface area contributed by atoms with Gasteiger partial charge in [0.1, 0.15) is 11.2 Å². The van der Waals surface area contributed by atoms with Crippen LogP contribution >= 0.6 is 0 Å². The van der Waals surface area contributed by atoms with E-state index in [1.165, 1.54) is 12.3 Å². The molecule has 9 nitrogen and oxygen atoms in total. The van der Waals surface area contributed by atoms with E-state index in [2.05, 4.69) is 26.1 Å². The molecule has 0 aliphatic rings. The zero-order valence-corrected chi connectivity index (χ0v) is 13.0. The number of hydrogen-bond donors (Lipinski definition) is 2. The first-order chi connectivity index (χ1) is 12.1. The summed E-state index contributed by atoms with van der Waals surface area (Å²) < 4.78 is 1.11. The first-order valence-corrected chi connectivity index (χ1v) is 7.48. The van der Waals surface area contributed by atoms with Crippen LogP contribution in [0.3, 0.4) is 0 Å². The highest BCUT2D eigenvalue weighted by Gasteiger charge is 2.10. The normalized spacial score (nSPS) is 10.4. The quantitative estimate of drug-likeness (QED) is 0.648.